The first-order chi connectivity index (χ1) is 9.83. The zero-order valence-corrected chi connectivity index (χ0v) is 13.0. The molecule has 0 aliphatic carbocycles. The fourth-order valence-electron chi connectivity index (χ4n) is 3.17. The van der Waals surface area contributed by atoms with Gasteiger partial charge in [-0.2, -0.15) is 0 Å². The number of hydrogen-bond donors (Lipinski definition) is 1. The molecule has 21 heavy (non-hydrogen) atoms. The summed E-state index contributed by atoms with van der Waals surface area (Å²) in [4.78, 5) is 13.9. The average molecular weight is 293 g/mol. The molecule has 1 aromatic carbocycles. The lowest BCUT2D eigenvalue weighted by Crippen LogP contribution is -2.57. The van der Waals surface area contributed by atoms with Crippen molar-refractivity contribution in [2.24, 2.45) is 5.92 Å². The Morgan fingerprint density at radius 2 is 2.24 bits per heavy atom. The fraction of sp³-hybridized carbons (Fsp3) is 0.588. The molecular formula is C17H24FNO2. The second-order valence-corrected chi connectivity index (χ2v) is 6.53. The second-order valence-electron chi connectivity index (χ2n) is 6.53. The molecule has 1 saturated heterocycles. The molecule has 0 spiro atoms. The first kappa shape index (κ1) is 16.0. The van der Waals surface area contributed by atoms with Crippen LogP contribution in [-0.2, 0) is 11.2 Å². The summed E-state index contributed by atoms with van der Waals surface area (Å²) in [5.74, 6) is -0.534. The van der Waals surface area contributed by atoms with Crippen molar-refractivity contribution in [3.8, 4) is 0 Å². The zero-order chi connectivity index (χ0) is 15.6. The maximum atomic E-state index is 13.4. The van der Waals surface area contributed by atoms with Crippen molar-refractivity contribution in [1.82, 2.24) is 4.90 Å². The van der Waals surface area contributed by atoms with Crippen LogP contribution in [0, 0.1) is 18.7 Å². The van der Waals surface area contributed by atoms with Crippen molar-refractivity contribution < 1.29 is 14.3 Å². The first-order valence-electron chi connectivity index (χ1n) is 7.56. The maximum Gasteiger partial charge on any atom is 0.324 e. The number of nitrogens with zero attached hydrogens (tertiary/aromatic N) is 1. The van der Waals surface area contributed by atoms with Crippen molar-refractivity contribution in [2.45, 2.75) is 45.6 Å². The number of aliphatic carboxylic acids is 1. The van der Waals surface area contributed by atoms with E-state index in [0.717, 1.165) is 31.5 Å². The van der Waals surface area contributed by atoms with Crippen molar-refractivity contribution in [3.63, 3.8) is 0 Å². The molecule has 1 fully saturated rings. The quantitative estimate of drug-likeness (QED) is 0.926. The topological polar surface area (TPSA) is 40.5 Å². The van der Waals surface area contributed by atoms with E-state index in [2.05, 4.69) is 11.8 Å². The summed E-state index contributed by atoms with van der Waals surface area (Å²) in [6.07, 6.45) is 2.59. The average Bonchev–Trinajstić information content (AvgIpc) is 2.42. The van der Waals surface area contributed by atoms with E-state index in [1.165, 1.54) is 6.07 Å². The van der Waals surface area contributed by atoms with Gasteiger partial charge in [0.1, 0.15) is 11.4 Å². The number of carboxylic acid groups (broad SMARTS) is 1. The van der Waals surface area contributed by atoms with Crippen LogP contribution in [0.25, 0.3) is 0 Å². The highest BCUT2D eigenvalue weighted by Crippen LogP contribution is 2.28. The Morgan fingerprint density at radius 1 is 1.52 bits per heavy atom. The summed E-state index contributed by atoms with van der Waals surface area (Å²) in [5.41, 5.74) is 0.503. The van der Waals surface area contributed by atoms with Crippen LogP contribution in [0.15, 0.2) is 18.2 Å². The molecule has 2 unspecified atom stereocenters. The molecule has 1 aliphatic heterocycles. The summed E-state index contributed by atoms with van der Waals surface area (Å²) in [6, 6.07) is 4.87. The van der Waals surface area contributed by atoms with Gasteiger partial charge < -0.3 is 5.11 Å². The van der Waals surface area contributed by atoms with Crippen LogP contribution >= 0.6 is 0 Å². The third-order valence-electron chi connectivity index (χ3n) is 4.59. The van der Waals surface area contributed by atoms with E-state index >= 15 is 0 Å². The number of carbonyl (C=O) groups is 1. The summed E-state index contributed by atoms with van der Waals surface area (Å²) in [7, 11) is 0. The molecule has 0 amide bonds. The van der Waals surface area contributed by atoms with Gasteiger partial charge in [-0.1, -0.05) is 19.1 Å². The zero-order valence-electron chi connectivity index (χ0n) is 13.0. The maximum absolute atomic E-state index is 13.4. The number of carboxylic acids is 1. The molecule has 0 bridgehead atoms. The number of halogens is 1. The Bertz CT molecular complexity index is 532. The van der Waals surface area contributed by atoms with Crippen LogP contribution in [0.3, 0.4) is 0 Å². The number of benzene rings is 1. The summed E-state index contributed by atoms with van der Waals surface area (Å²) in [5, 5.41) is 9.74. The fourth-order valence-corrected chi connectivity index (χ4v) is 3.17. The number of rotatable bonds is 4. The van der Waals surface area contributed by atoms with Crippen LogP contribution in [-0.4, -0.2) is 34.6 Å². The van der Waals surface area contributed by atoms with E-state index in [9.17, 15) is 14.3 Å². The third kappa shape index (κ3) is 3.43. The standard InChI is InChI=1S/C17H24FNO2/c1-12-5-4-8-19(11-12)17(3,16(20)21)10-14-6-7-15(18)13(2)9-14/h6-7,9,12H,4-5,8,10-11H2,1-3H3,(H,20,21). The van der Waals surface area contributed by atoms with Gasteiger partial charge in [0.2, 0.25) is 0 Å². The van der Waals surface area contributed by atoms with Gasteiger partial charge in [-0.3, -0.25) is 9.69 Å². The van der Waals surface area contributed by atoms with Gasteiger partial charge in [0, 0.05) is 13.0 Å². The van der Waals surface area contributed by atoms with Crippen LogP contribution in [0.5, 0.6) is 0 Å². The number of aryl methyl sites for hydroxylation is 1. The predicted octanol–water partition coefficient (Wildman–Crippen LogP) is 3.25. The minimum absolute atomic E-state index is 0.248. The van der Waals surface area contributed by atoms with Crippen LogP contribution in [0.2, 0.25) is 0 Å². The molecule has 1 aliphatic rings. The molecule has 2 rings (SSSR count). The highest BCUT2D eigenvalue weighted by Gasteiger charge is 2.41. The Balaban J connectivity index is 2.25. The molecule has 0 aromatic heterocycles. The van der Waals surface area contributed by atoms with Gasteiger partial charge in [-0.15, -0.1) is 0 Å². The van der Waals surface area contributed by atoms with Crippen molar-refractivity contribution in [3.05, 3.63) is 35.1 Å². The van der Waals surface area contributed by atoms with E-state index in [-0.39, 0.29) is 5.82 Å². The number of piperidine rings is 1. The van der Waals surface area contributed by atoms with Crippen molar-refractivity contribution >= 4 is 5.97 Å². The highest BCUT2D eigenvalue weighted by atomic mass is 19.1. The van der Waals surface area contributed by atoms with Gasteiger partial charge >= 0.3 is 5.97 Å². The van der Waals surface area contributed by atoms with Crippen molar-refractivity contribution in [1.29, 1.82) is 0 Å². The van der Waals surface area contributed by atoms with E-state index < -0.39 is 11.5 Å². The summed E-state index contributed by atoms with van der Waals surface area (Å²) < 4.78 is 13.4. The van der Waals surface area contributed by atoms with Gasteiger partial charge in [0.05, 0.1) is 0 Å². The molecule has 2 atom stereocenters. The molecule has 3 nitrogen and oxygen atoms in total. The Kier molecular flexibility index (Phi) is 4.67. The van der Waals surface area contributed by atoms with Crippen LogP contribution in [0.1, 0.15) is 37.8 Å². The SMILES string of the molecule is Cc1cc(CC(C)(C(=O)O)N2CCCC(C)C2)ccc1F. The molecule has 116 valence electrons. The minimum Gasteiger partial charge on any atom is -0.480 e. The Hall–Kier alpha value is -1.42. The number of hydrogen-bond acceptors (Lipinski definition) is 2. The lowest BCUT2D eigenvalue weighted by Gasteiger charge is -2.42. The van der Waals surface area contributed by atoms with E-state index in [1.54, 1.807) is 26.0 Å². The minimum atomic E-state index is -0.932. The van der Waals surface area contributed by atoms with Crippen molar-refractivity contribution in [2.75, 3.05) is 13.1 Å². The van der Waals surface area contributed by atoms with Gasteiger partial charge in [-0.25, -0.2) is 4.39 Å². The lowest BCUT2D eigenvalue weighted by atomic mass is 9.87. The molecular weight excluding hydrogens is 269 g/mol. The van der Waals surface area contributed by atoms with E-state index in [1.807, 2.05) is 0 Å². The Morgan fingerprint density at radius 3 is 2.81 bits per heavy atom. The molecule has 1 aromatic rings. The second kappa shape index (κ2) is 6.14. The van der Waals surface area contributed by atoms with E-state index in [4.69, 9.17) is 0 Å². The third-order valence-corrected chi connectivity index (χ3v) is 4.59. The van der Waals surface area contributed by atoms with Crippen LogP contribution < -0.4 is 0 Å². The largest absolute Gasteiger partial charge is 0.480 e. The molecule has 1 heterocycles. The monoisotopic (exact) mass is 293 g/mol. The van der Waals surface area contributed by atoms with Gasteiger partial charge in [0.25, 0.3) is 0 Å². The highest BCUT2D eigenvalue weighted by molar-refractivity contribution is 5.78. The van der Waals surface area contributed by atoms with Gasteiger partial charge in [-0.05, 0) is 56.3 Å². The Labute approximate surface area is 125 Å². The predicted molar refractivity (Wildman–Crippen MR) is 80.9 cm³/mol. The summed E-state index contributed by atoms with van der Waals surface area (Å²) in [6.45, 7) is 7.28. The van der Waals surface area contributed by atoms with E-state index in [0.29, 0.717) is 17.9 Å². The smallest absolute Gasteiger partial charge is 0.324 e. The van der Waals surface area contributed by atoms with Gasteiger partial charge in [0.15, 0.2) is 0 Å². The summed E-state index contributed by atoms with van der Waals surface area (Å²) >= 11 is 0. The molecule has 0 radical (unpaired) electrons. The normalized spacial score (nSPS) is 22.8. The molecule has 0 saturated carbocycles. The lowest BCUT2D eigenvalue weighted by molar-refractivity contribution is -0.151. The number of likely N-dealkylation sites (tertiary alicyclic amines) is 1. The first-order valence-corrected chi connectivity index (χ1v) is 7.56. The molecule has 1 N–H and O–H groups in total. The van der Waals surface area contributed by atoms with Crippen LogP contribution in [0.4, 0.5) is 4.39 Å². The molecule has 4 heteroatoms.